The third-order valence-electron chi connectivity index (χ3n) is 3.23. The molecule has 7 nitrogen and oxygen atoms in total. The van der Waals surface area contributed by atoms with Crippen molar-refractivity contribution in [3.8, 4) is 0 Å². The van der Waals surface area contributed by atoms with Crippen molar-refractivity contribution >= 4 is 28.5 Å². The molecule has 2 heterocycles. The van der Waals surface area contributed by atoms with Crippen LogP contribution >= 0.6 is 11.3 Å². The normalized spacial score (nSPS) is 21.7. The van der Waals surface area contributed by atoms with Gasteiger partial charge in [0.2, 0.25) is 0 Å². The molecule has 1 unspecified atom stereocenters. The smallest absolute Gasteiger partial charge is 0.332 e. The van der Waals surface area contributed by atoms with Crippen molar-refractivity contribution in [1.29, 1.82) is 0 Å². The number of ether oxygens (including phenoxy) is 1. The molecular weight excluding hydrogens is 282 g/mol. The van der Waals surface area contributed by atoms with Crippen molar-refractivity contribution in [2.24, 2.45) is 0 Å². The fraction of sp³-hybridized carbons (Fsp3) is 0.583. The highest BCUT2D eigenvalue weighted by atomic mass is 32.1. The minimum absolute atomic E-state index is 0.0210. The molecule has 2 amide bonds. The molecule has 0 aliphatic carbocycles. The van der Waals surface area contributed by atoms with Crippen LogP contribution in [0.15, 0.2) is 0 Å². The molecule has 0 spiro atoms. The van der Waals surface area contributed by atoms with Crippen LogP contribution in [0.3, 0.4) is 0 Å². The molecular formula is C12H17N3O4S. The second-order valence-electron chi connectivity index (χ2n) is 4.64. The fourth-order valence-corrected chi connectivity index (χ4v) is 2.94. The molecule has 1 aromatic rings. The summed E-state index contributed by atoms with van der Waals surface area (Å²) in [5.74, 6) is -1.09. The quantitative estimate of drug-likeness (QED) is 0.780. The van der Waals surface area contributed by atoms with E-state index in [0.717, 1.165) is 17.0 Å². The lowest BCUT2D eigenvalue weighted by Gasteiger charge is -2.23. The number of carboxylic acid groups (broad SMARTS) is 1. The summed E-state index contributed by atoms with van der Waals surface area (Å²) >= 11 is 1.37. The van der Waals surface area contributed by atoms with E-state index in [1.807, 2.05) is 13.8 Å². The Morgan fingerprint density at radius 2 is 2.30 bits per heavy atom. The molecule has 0 bridgehead atoms. The molecule has 3 N–H and O–H groups in total. The maximum Gasteiger partial charge on any atom is 0.332 e. The first-order valence-corrected chi connectivity index (χ1v) is 7.15. The predicted molar refractivity (Wildman–Crippen MR) is 74.2 cm³/mol. The number of nitrogens with one attached hydrogen (secondary N) is 2. The van der Waals surface area contributed by atoms with E-state index in [1.165, 1.54) is 11.3 Å². The Bertz CT molecular complexity index is 523. The average Bonchev–Trinajstić information content (AvgIpc) is 2.97. The van der Waals surface area contributed by atoms with Crippen LogP contribution in [0.5, 0.6) is 0 Å². The van der Waals surface area contributed by atoms with E-state index in [-0.39, 0.29) is 13.0 Å². The molecule has 0 saturated carbocycles. The molecule has 1 atom stereocenters. The van der Waals surface area contributed by atoms with Gasteiger partial charge in [-0.3, -0.25) is 5.32 Å². The number of aliphatic carboxylic acids is 1. The molecule has 1 aromatic heterocycles. The van der Waals surface area contributed by atoms with Gasteiger partial charge in [0, 0.05) is 17.9 Å². The summed E-state index contributed by atoms with van der Waals surface area (Å²) < 4.78 is 5.08. The molecule has 0 radical (unpaired) electrons. The summed E-state index contributed by atoms with van der Waals surface area (Å²) in [6.45, 7) is 4.22. The van der Waals surface area contributed by atoms with Crippen molar-refractivity contribution in [3.63, 3.8) is 0 Å². The Labute approximate surface area is 120 Å². The van der Waals surface area contributed by atoms with Gasteiger partial charge in [-0.2, -0.15) is 0 Å². The highest BCUT2D eigenvalue weighted by molar-refractivity contribution is 7.15. The number of rotatable bonds is 4. The molecule has 2 rings (SSSR count). The first kappa shape index (κ1) is 14.7. The van der Waals surface area contributed by atoms with Gasteiger partial charge in [0.15, 0.2) is 10.7 Å². The van der Waals surface area contributed by atoms with Crippen LogP contribution in [0.1, 0.15) is 23.9 Å². The Kier molecular flexibility index (Phi) is 4.24. The standard InChI is InChI=1S/C12H17N3O4S/c1-3-8-7(2)20-11(13-8)14-10(18)15-12(9(16)17)4-5-19-6-12/h3-6H2,1-2H3,(H,16,17)(H2,13,14,15,18). The number of hydrogen-bond acceptors (Lipinski definition) is 5. The monoisotopic (exact) mass is 299 g/mol. The van der Waals surface area contributed by atoms with Crippen LogP contribution < -0.4 is 10.6 Å². The van der Waals surface area contributed by atoms with Gasteiger partial charge in [0.25, 0.3) is 0 Å². The summed E-state index contributed by atoms with van der Waals surface area (Å²) in [4.78, 5) is 28.5. The SMILES string of the molecule is CCc1nc(NC(=O)NC2(C(=O)O)CCOC2)sc1C. The minimum Gasteiger partial charge on any atom is -0.479 e. The van der Waals surface area contributed by atoms with Crippen LogP contribution in [-0.2, 0) is 16.0 Å². The van der Waals surface area contributed by atoms with Gasteiger partial charge in [0.05, 0.1) is 12.3 Å². The summed E-state index contributed by atoms with van der Waals surface area (Å²) in [6.07, 6.45) is 1.05. The van der Waals surface area contributed by atoms with Gasteiger partial charge in [-0.25, -0.2) is 14.6 Å². The van der Waals surface area contributed by atoms with Gasteiger partial charge < -0.3 is 15.2 Å². The van der Waals surface area contributed by atoms with Crippen molar-refractivity contribution in [3.05, 3.63) is 10.6 Å². The zero-order chi connectivity index (χ0) is 14.8. The van der Waals surface area contributed by atoms with Crippen LogP contribution in [-0.4, -0.2) is 40.8 Å². The molecule has 1 aliphatic heterocycles. The van der Waals surface area contributed by atoms with Crippen molar-refractivity contribution < 1.29 is 19.4 Å². The van der Waals surface area contributed by atoms with Crippen molar-refractivity contribution in [2.45, 2.75) is 32.2 Å². The van der Waals surface area contributed by atoms with Gasteiger partial charge in [-0.15, -0.1) is 11.3 Å². The third-order valence-corrected chi connectivity index (χ3v) is 4.16. The number of nitrogens with zero attached hydrogens (tertiary/aromatic N) is 1. The first-order chi connectivity index (χ1) is 9.47. The molecule has 8 heteroatoms. The highest BCUT2D eigenvalue weighted by Crippen LogP contribution is 2.23. The number of carbonyl (C=O) groups excluding carboxylic acids is 1. The number of thiazole rings is 1. The van der Waals surface area contributed by atoms with Crippen LogP contribution in [0, 0.1) is 6.92 Å². The predicted octanol–water partition coefficient (Wildman–Crippen LogP) is 1.38. The number of hydrogen-bond donors (Lipinski definition) is 3. The Morgan fingerprint density at radius 1 is 1.55 bits per heavy atom. The van der Waals surface area contributed by atoms with Crippen LogP contribution in [0.4, 0.5) is 9.93 Å². The van der Waals surface area contributed by atoms with Gasteiger partial charge in [0.1, 0.15) is 0 Å². The molecule has 20 heavy (non-hydrogen) atoms. The average molecular weight is 299 g/mol. The number of urea groups is 1. The maximum atomic E-state index is 11.9. The number of anilines is 1. The van der Waals surface area contributed by atoms with Crippen molar-refractivity contribution in [1.82, 2.24) is 10.3 Å². The number of amides is 2. The minimum atomic E-state index is -1.34. The van der Waals surface area contributed by atoms with E-state index < -0.39 is 17.5 Å². The summed E-state index contributed by atoms with van der Waals surface area (Å²) in [5.41, 5.74) is -0.410. The summed E-state index contributed by atoms with van der Waals surface area (Å²) in [6, 6.07) is -0.575. The van der Waals surface area contributed by atoms with Gasteiger partial charge >= 0.3 is 12.0 Å². The maximum absolute atomic E-state index is 11.9. The topological polar surface area (TPSA) is 101 Å². The van der Waals surface area contributed by atoms with Gasteiger partial charge in [-0.05, 0) is 13.3 Å². The largest absolute Gasteiger partial charge is 0.479 e. The van der Waals surface area contributed by atoms with E-state index in [9.17, 15) is 14.7 Å². The molecule has 1 aliphatic rings. The lowest BCUT2D eigenvalue weighted by molar-refractivity contribution is -0.144. The number of carbonyl (C=O) groups is 2. The molecule has 1 saturated heterocycles. The number of carboxylic acids is 1. The van der Waals surface area contributed by atoms with Crippen molar-refractivity contribution in [2.75, 3.05) is 18.5 Å². The van der Waals surface area contributed by atoms with E-state index in [1.54, 1.807) is 0 Å². The molecule has 0 aromatic carbocycles. The zero-order valence-corrected chi connectivity index (χ0v) is 12.2. The lowest BCUT2D eigenvalue weighted by atomic mass is 9.99. The second kappa shape index (κ2) is 5.76. The Balaban J connectivity index is 2.02. The number of aromatic nitrogens is 1. The molecule has 1 fully saturated rings. The van der Waals surface area contributed by atoms with Crippen LogP contribution in [0.25, 0.3) is 0 Å². The molecule has 110 valence electrons. The number of aryl methyl sites for hydroxylation is 2. The van der Waals surface area contributed by atoms with E-state index >= 15 is 0 Å². The Morgan fingerprint density at radius 3 is 2.80 bits per heavy atom. The third kappa shape index (κ3) is 2.91. The Hall–Kier alpha value is -1.67. The second-order valence-corrected chi connectivity index (χ2v) is 5.85. The lowest BCUT2D eigenvalue weighted by Crippen LogP contribution is -2.56. The van der Waals surface area contributed by atoms with E-state index in [2.05, 4.69) is 15.6 Å². The van der Waals surface area contributed by atoms with E-state index in [0.29, 0.717) is 11.7 Å². The first-order valence-electron chi connectivity index (χ1n) is 6.33. The van der Waals surface area contributed by atoms with E-state index in [4.69, 9.17) is 4.74 Å². The van der Waals surface area contributed by atoms with Crippen LogP contribution in [0.2, 0.25) is 0 Å². The highest BCUT2D eigenvalue weighted by Gasteiger charge is 2.44. The fourth-order valence-electron chi connectivity index (χ4n) is 2.04. The van der Waals surface area contributed by atoms with Gasteiger partial charge in [-0.1, -0.05) is 6.92 Å². The summed E-state index contributed by atoms with van der Waals surface area (Å²) in [7, 11) is 0. The summed E-state index contributed by atoms with van der Waals surface area (Å²) in [5, 5.41) is 14.8. The zero-order valence-electron chi connectivity index (χ0n) is 11.4.